The van der Waals surface area contributed by atoms with E-state index in [1.807, 2.05) is 26.2 Å². The van der Waals surface area contributed by atoms with Crippen molar-refractivity contribution in [1.29, 1.82) is 0 Å². The molecular weight excluding hydrogens is 230 g/mol. The zero-order chi connectivity index (χ0) is 13.1. The second kappa shape index (κ2) is 5.18. The van der Waals surface area contributed by atoms with Crippen LogP contribution in [0.3, 0.4) is 0 Å². The maximum atomic E-state index is 10.7. The molecule has 0 aromatic heterocycles. The van der Waals surface area contributed by atoms with Gasteiger partial charge in [0, 0.05) is 37.3 Å². The third-order valence-electron chi connectivity index (χ3n) is 2.96. The first-order chi connectivity index (χ1) is 8.56. The third-order valence-corrected chi connectivity index (χ3v) is 2.96. The number of allylic oxidation sites excluding steroid dienone is 1. The van der Waals surface area contributed by atoms with E-state index < -0.39 is 0 Å². The smallest absolute Gasteiger partial charge is 0.270 e. The molecule has 5 heteroatoms. The standard InChI is InChI=1S/C13H17N3O2/c1-15(2)6-5-14-12-7-10-3-4-13(16(17)18)9-11(10)8-12/h3-4,8-9,14H,5-7H2,1-2H3. The molecule has 0 amide bonds. The summed E-state index contributed by atoms with van der Waals surface area (Å²) in [5.41, 5.74) is 3.39. The molecule has 0 fully saturated rings. The van der Waals surface area contributed by atoms with E-state index in [0.717, 1.165) is 36.3 Å². The summed E-state index contributed by atoms with van der Waals surface area (Å²) >= 11 is 0. The van der Waals surface area contributed by atoms with Crippen molar-refractivity contribution in [3.8, 4) is 0 Å². The predicted molar refractivity (Wildman–Crippen MR) is 71.3 cm³/mol. The molecule has 96 valence electrons. The first-order valence-electron chi connectivity index (χ1n) is 5.93. The lowest BCUT2D eigenvalue weighted by Crippen LogP contribution is -2.26. The van der Waals surface area contributed by atoms with Crippen molar-refractivity contribution in [3.63, 3.8) is 0 Å². The highest BCUT2D eigenvalue weighted by Gasteiger charge is 2.15. The lowest BCUT2D eigenvalue weighted by Gasteiger charge is -2.11. The first-order valence-corrected chi connectivity index (χ1v) is 5.93. The molecule has 0 heterocycles. The zero-order valence-corrected chi connectivity index (χ0v) is 10.6. The number of benzene rings is 1. The number of nitro groups is 1. The van der Waals surface area contributed by atoms with Gasteiger partial charge in [-0.25, -0.2) is 0 Å². The van der Waals surface area contributed by atoms with Crippen LogP contribution in [-0.2, 0) is 6.42 Å². The van der Waals surface area contributed by atoms with Gasteiger partial charge >= 0.3 is 0 Å². The number of rotatable bonds is 5. The Morgan fingerprint density at radius 3 is 2.89 bits per heavy atom. The first kappa shape index (κ1) is 12.6. The summed E-state index contributed by atoms with van der Waals surface area (Å²) in [4.78, 5) is 12.4. The normalized spacial score (nSPS) is 13.4. The van der Waals surface area contributed by atoms with Crippen molar-refractivity contribution in [3.05, 3.63) is 45.1 Å². The van der Waals surface area contributed by atoms with Gasteiger partial charge in [-0.2, -0.15) is 0 Å². The van der Waals surface area contributed by atoms with E-state index >= 15 is 0 Å². The molecular formula is C13H17N3O2. The summed E-state index contributed by atoms with van der Waals surface area (Å²) in [6.07, 6.45) is 2.83. The number of non-ortho nitro benzene ring substituents is 1. The van der Waals surface area contributed by atoms with Crippen molar-refractivity contribution < 1.29 is 4.92 Å². The van der Waals surface area contributed by atoms with Gasteiger partial charge in [-0.3, -0.25) is 10.1 Å². The van der Waals surface area contributed by atoms with Crippen molar-refractivity contribution in [1.82, 2.24) is 10.2 Å². The number of nitro benzene ring substituents is 1. The van der Waals surface area contributed by atoms with Crippen LogP contribution in [0.1, 0.15) is 11.1 Å². The van der Waals surface area contributed by atoms with E-state index in [0.29, 0.717) is 0 Å². The van der Waals surface area contributed by atoms with Crippen LogP contribution in [0, 0.1) is 10.1 Å². The molecule has 18 heavy (non-hydrogen) atoms. The molecule has 0 aliphatic heterocycles. The Kier molecular flexibility index (Phi) is 3.62. The molecule has 2 rings (SSSR count). The monoisotopic (exact) mass is 247 g/mol. The lowest BCUT2D eigenvalue weighted by molar-refractivity contribution is -0.384. The van der Waals surface area contributed by atoms with E-state index in [4.69, 9.17) is 0 Å². The Hall–Kier alpha value is -1.88. The van der Waals surface area contributed by atoms with Gasteiger partial charge in [0.05, 0.1) is 4.92 Å². The van der Waals surface area contributed by atoms with Crippen LogP contribution < -0.4 is 5.32 Å². The molecule has 0 saturated carbocycles. The molecule has 1 aromatic rings. The summed E-state index contributed by atoms with van der Waals surface area (Å²) in [6.45, 7) is 1.85. The van der Waals surface area contributed by atoms with Crippen LogP contribution in [0.5, 0.6) is 0 Å². The van der Waals surface area contributed by atoms with Crippen molar-refractivity contribution in [2.75, 3.05) is 27.2 Å². The molecule has 0 spiro atoms. The van der Waals surface area contributed by atoms with Gasteiger partial charge in [-0.15, -0.1) is 0 Å². The highest BCUT2D eigenvalue weighted by molar-refractivity contribution is 5.65. The van der Waals surface area contributed by atoms with Gasteiger partial charge in [0.25, 0.3) is 5.69 Å². The maximum Gasteiger partial charge on any atom is 0.270 e. The Balaban J connectivity index is 2.02. The summed E-state index contributed by atoms with van der Waals surface area (Å²) in [6, 6.07) is 5.04. The van der Waals surface area contributed by atoms with E-state index in [1.165, 1.54) is 0 Å². The van der Waals surface area contributed by atoms with Crippen molar-refractivity contribution in [2.24, 2.45) is 0 Å². The molecule has 0 atom stereocenters. The second-order valence-corrected chi connectivity index (χ2v) is 4.72. The fourth-order valence-electron chi connectivity index (χ4n) is 1.99. The average molecular weight is 247 g/mol. The Bertz CT molecular complexity index is 495. The van der Waals surface area contributed by atoms with Gasteiger partial charge in [-0.05, 0) is 31.3 Å². The predicted octanol–water partition coefficient (Wildman–Crippen LogP) is 1.64. The highest BCUT2D eigenvalue weighted by Crippen LogP contribution is 2.27. The highest BCUT2D eigenvalue weighted by atomic mass is 16.6. The minimum atomic E-state index is -0.356. The van der Waals surface area contributed by atoms with Crippen LogP contribution >= 0.6 is 0 Å². The molecule has 1 aliphatic rings. The SMILES string of the molecule is CN(C)CCNC1=Cc2cc([N+](=O)[O-])ccc2C1. The summed E-state index contributed by atoms with van der Waals surface area (Å²) < 4.78 is 0. The summed E-state index contributed by atoms with van der Waals surface area (Å²) in [5, 5.41) is 14.1. The number of fused-ring (bicyclic) bond motifs is 1. The molecule has 1 N–H and O–H groups in total. The number of likely N-dealkylation sites (N-methyl/N-ethyl adjacent to an activating group) is 1. The molecule has 0 unspecified atom stereocenters. The number of hydrogen-bond donors (Lipinski definition) is 1. The molecule has 0 radical (unpaired) electrons. The minimum Gasteiger partial charge on any atom is -0.387 e. The van der Waals surface area contributed by atoms with E-state index in [-0.39, 0.29) is 10.6 Å². The number of nitrogens with one attached hydrogen (secondary N) is 1. The quantitative estimate of drug-likeness (QED) is 0.635. The Morgan fingerprint density at radius 2 is 2.22 bits per heavy atom. The maximum absolute atomic E-state index is 10.7. The lowest BCUT2D eigenvalue weighted by atomic mass is 10.1. The van der Waals surface area contributed by atoms with Crippen LogP contribution in [0.25, 0.3) is 6.08 Å². The fourth-order valence-corrected chi connectivity index (χ4v) is 1.99. The van der Waals surface area contributed by atoms with E-state index in [1.54, 1.807) is 12.1 Å². The van der Waals surface area contributed by atoms with Crippen LogP contribution in [0.2, 0.25) is 0 Å². The molecule has 0 bridgehead atoms. The van der Waals surface area contributed by atoms with E-state index in [9.17, 15) is 10.1 Å². The second-order valence-electron chi connectivity index (χ2n) is 4.72. The van der Waals surface area contributed by atoms with Gasteiger partial charge in [0.2, 0.25) is 0 Å². The molecule has 5 nitrogen and oxygen atoms in total. The van der Waals surface area contributed by atoms with Gasteiger partial charge in [-0.1, -0.05) is 6.07 Å². The average Bonchev–Trinajstić information content (AvgIpc) is 2.69. The third kappa shape index (κ3) is 2.87. The fraction of sp³-hybridized carbons (Fsp3) is 0.385. The minimum absolute atomic E-state index is 0.152. The zero-order valence-electron chi connectivity index (χ0n) is 10.6. The number of hydrogen-bond acceptors (Lipinski definition) is 4. The Morgan fingerprint density at radius 1 is 1.44 bits per heavy atom. The number of nitrogens with zero attached hydrogens (tertiary/aromatic N) is 2. The Labute approximate surface area is 106 Å². The van der Waals surface area contributed by atoms with Crippen LogP contribution in [0.15, 0.2) is 23.9 Å². The summed E-state index contributed by atoms with van der Waals surface area (Å²) in [5.74, 6) is 0. The van der Waals surface area contributed by atoms with Crippen LogP contribution in [0.4, 0.5) is 5.69 Å². The summed E-state index contributed by atoms with van der Waals surface area (Å²) in [7, 11) is 4.06. The van der Waals surface area contributed by atoms with Gasteiger partial charge in [0.1, 0.15) is 0 Å². The van der Waals surface area contributed by atoms with Crippen LogP contribution in [-0.4, -0.2) is 37.0 Å². The molecule has 1 aromatic carbocycles. The topological polar surface area (TPSA) is 58.4 Å². The molecule has 0 saturated heterocycles. The molecule has 1 aliphatic carbocycles. The van der Waals surface area contributed by atoms with Crippen molar-refractivity contribution in [2.45, 2.75) is 6.42 Å². The van der Waals surface area contributed by atoms with Gasteiger partial charge in [0.15, 0.2) is 0 Å². The van der Waals surface area contributed by atoms with Crippen molar-refractivity contribution >= 4 is 11.8 Å². The van der Waals surface area contributed by atoms with Gasteiger partial charge < -0.3 is 10.2 Å². The van der Waals surface area contributed by atoms with E-state index in [2.05, 4.69) is 10.2 Å². The largest absolute Gasteiger partial charge is 0.387 e.